The number of aromatic nitrogens is 2. The number of methoxy groups -OCH3 is 1. The van der Waals surface area contributed by atoms with Crippen molar-refractivity contribution < 1.29 is 14.3 Å². The molecular weight excluding hydrogens is 290 g/mol. The molecule has 0 aliphatic carbocycles. The molecule has 1 amide bonds. The lowest BCUT2D eigenvalue weighted by Crippen LogP contribution is -2.16. The van der Waals surface area contributed by atoms with Gasteiger partial charge in [0.15, 0.2) is 0 Å². The number of nitrogens with zero attached hydrogens (tertiary/aromatic N) is 2. The molecule has 0 spiro atoms. The van der Waals surface area contributed by atoms with E-state index in [4.69, 9.17) is 4.74 Å². The molecule has 0 radical (unpaired) electrons. The van der Waals surface area contributed by atoms with E-state index in [1.165, 1.54) is 18.4 Å². The van der Waals surface area contributed by atoms with Crippen molar-refractivity contribution in [3.05, 3.63) is 34.5 Å². The first-order valence-corrected chi connectivity index (χ1v) is 7.30. The van der Waals surface area contributed by atoms with E-state index in [0.717, 1.165) is 10.6 Å². The van der Waals surface area contributed by atoms with Gasteiger partial charge in [-0.15, -0.1) is 11.3 Å². The zero-order valence-electron chi connectivity index (χ0n) is 12.2. The van der Waals surface area contributed by atoms with Crippen molar-refractivity contribution >= 4 is 28.2 Å². The number of anilines is 1. The van der Waals surface area contributed by atoms with Crippen LogP contribution in [0.5, 0.6) is 0 Å². The molecule has 6 nitrogen and oxygen atoms in total. The zero-order valence-corrected chi connectivity index (χ0v) is 13.0. The van der Waals surface area contributed by atoms with E-state index < -0.39 is 5.97 Å². The fourth-order valence-electron chi connectivity index (χ4n) is 1.86. The average molecular weight is 307 g/mol. The Balaban J connectivity index is 1.98. The van der Waals surface area contributed by atoms with Gasteiger partial charge in [-0.2, -0.15) is 5.10 Å². The van der Waals surface area contributed by atoms with Crippen LogP contribution in [-0.4, -0.2) is 28.8 Å². The van der Waals surface area contributed by atoms with E-state index in [1.54, 1.807) is 10.7 Å². The number of nitrogens with one attached hydrogen (secondary N) is 1. The minimum absolute atomic E-state index is 0.157. The highest BCUT2D eigenvalue weighted by Crippen LogP contribution is 2.28. The molecule has 0 unspecified atom stereocenters. The molecule has 0 bridgehead atoms. The molecule has 0 saturated carbocycles. The molecule has 2 aromatic rings. The number of carbonyl (C=O) groups is 2. The highest BCUT2D eigenvalue weighted by atomic mass is 32.1. The number of amides is 1. The summed E-state index contributed by atoms with van der Waals surface area (Å²) in [6, 6.07) is 3.60. The van der Waals surface area contributed by atoms with Crippen LogP contribution in [0.3, 0.4) is 0 Å². The monoisotopic (exact) mass is 307 g/mol. The molecule has 1 N–H and O–H groups in total. The van der Waals surface area contributed by atoms with E-state index in [2.05, 4.69) is 10.4 Å². The van der Waals surface area contributed by atoms with Gasteiger partial charge in [-0.3, -0.25) is 9.48 Å². The summed E-state index contributed by atoms with van der Waals surface area (Å²) in [6.07, 6.45) is 2.12. The smallest absolute Gasteiger partial charge is 0.340 e. The first-order valence-electron chi connectivity index (χ1n) is 6.48. The molecule has 0 saturated heterocycles. The first kappa shape index (κ1) is 15.2. The zero-order chi connectivity index (χ0) is 15.4. The molecule has 2 aromatic heterocycles. The Labute approximate surface area is 126 Å². The van der Waals surface area contributed by atoms with Gasteiger partial charge in [0.1, 0.15) is 5.00 Å². The Kier molecular flexibility index (Phi) is 4.74. The highest BCUT2D eigenvalue weighted by molar-refractivity contribution is 7.16. The van der Waals surface area contributed by atoms with Crippen molar-refractivity contribution in [3.63, 3.8) is 0 Å². The number of ether oxygens (including phenoxy) is 1. The van der Waals surface area contributed by atoms with Crippen LogP contribution >= 0.6 is 11.3 Å². The number of hydrogen-bond acceptors (Lipinski definition) is 5. The standard InChI is InChI=1S/C14H17N3O3S/c1-9-4-6-17(16-9)7-5-12(18)15-13-11(14(19)20-3)8-10(2)21-13/h4,6,8H,5,7H2,1-3H3,(H,15,18). The van der Waals surface area contributed by atoms with Crippen molar-refractivity contribution in [3.8, 4) is 0 Å². The van der Waals surface area contributed by atoms with Gasteiger partial charge in [-0.25, -0.2) is 4.79 Å². The molecule has 7 heteroatoms. The van der Waals surface area contributed by atoms with E-state index in [1.807, 2.05) is 26.1 Å². The molecule has 2 rings (SSSR count). The van der Waals surface area contributed by atoms with Gasteiger partial charge in [0.05, 0.1) is 18.4 Å². The van der Waals surface area contributed by atoms with E-state index >= 15 is 0 Å². The maximum absolute atomic E-state index is 12.0. The van der Waals surface area contributed by atoms with Crippen LogP contribution in [0.2, 0.25) is 0 Å². The SMILES string of the molecule is COC(=O)c1cc(C)sc1NC(=O)CCn1ccc(C)n1. The summed E-state index contributed by atoms with van der Waals surface area (Å²) in [5.74, 6) is -0.604. The van der Waals surface area contributed by atoms with Crippen LogP contribution in [0.15, 0.2) is 18.3 Å². The second kappa shape index (κ2) is 6.53. The fraction of sp³-hybridized carbons (Fsp3) is 0.357. The molecular formula is C14H17N3O3S. The summed E-state index contributed by atoms with van der Waals surface area (Å²) in [6.45, 7) is 4.27. The molecule has 0 aliphatic rings. The summed E-state index contributed by atoms with van der Waals surface area (Å²) in [4.78, 5) is 24.5. The van der Waals surface area contributed by atoms with Gasteiger partial charge in [0, 0.05) is 24.0 Å². The predicted octanol–water partition coefficient (Wildman–Crippen LogP) is 2.38. The first-order chi connectivity index (χ1) is 9.99. The van der Waals surface area contributed by atoms with Gasteiger partial charge in [-0.1, -0.05) is 0 Å². The lowest BCUT2D eigenvalue weighted by Gasteiger charge is -2.05. The predicted molar refractivity (Wildman–Crippen MR) is 80.6 cm³/mol. The molecule has 2 heterocycles. The van der Waals surface area contributed by atoms with Gasteiger partial charge >= 0.3 is 5.97 Å². The molecule has 21 heavy (non-hydrogen) atoms. The maximum Gasteiger partial charge on any atom is 0.340 e. The molecule has 0 aliphatic heterocycles. The number of esters is 1. The normalized spacial score (nSPS) is 10.4. The Hall–Kier alpha value is -2.15. The third kappa shape index (κ3) is 3.91. The van der Waals surface area contributed by atoms with E-state index in [0.29, 0.717) is 23.5 Å². The second-order valence-corrected chi connectivity index (χ2v) is 5.87. The van der Waals surface area contributed by atoms with Gasteiger partial charge < -0.3 is 10.1 Å². The van der Waals surface area contributed by atoms with Gasteiger partial charge in [-0.05, 0) is 26.0 Å². The molecule has 0 fully saturated rings. The minimum atomic E-state index is -0.447. The quantitative estimate of drug-likeness (QED) is 0.861. The summed E-state index contributed by atoms with van der Waals surface area (Å²) < 4.78 is 6.42. The minimum Gasteiger partial charge on any atom is -0.465 e. The van der Waals surface area contributed by atoms with Crippen molar-refractivity contribution in [1.29, 1.82) is 0 Å². The van der Waals surface area contributed by atoms with Crippen molar-refractivity contribution in [2.45, 2.75) is 26.8 Å². The van der Waals surface area contributed by atoms with Crippen LogP contribution in [0.1, 0.15) is 27.3 Å². The van der Waals surface area contributed by atoms with Crippen LogP contribution in [0.25, 0.3) is 0 Å². The van der Waals surface area contributed by atoms with Crippen LogP contribution < -0.4 is 5.32 Å². The second-order valence-electron chi connectivity index (χ2n) is 4.61. The van der Waals surface area contributed by atoms with Crippen molar-refractivity contribution in [1.82, 2.24) is 9.78 Å². The summed E-state index contributed by atoms with van der Waals surface area (Å²) in [5.41, 5.74) is 1.31. The third-order valence-corrected chi connectivity index (χ3v) is 3.82. The Morgan fingerprint density at radius 2 is 2.19 bits per heavy atom. The fourth-order valence-corrected chi connectivity index (χ4v) is 2.78. The summed E-state index contributed by atoms with van der Waals surface area (Å²) in [7, 11) is 1.32. The number of hydrogen-bond donors (Lipinski definition) is 1. The summed E-state index contributed by atoms with van der Waals surface area (Å²) in [5, 5.41) is 7.51. The van der Waals surface area contributed by atoms with Crippen molar-refractivity contribution in [2.75, 3.05) is 12.4 Å². The Morgan fingerprint density at radius 3 is 2.81 bits per heavy atom. The number of rotatable bonds is 5. The van der Waals surface area contributed by atoms with Crippen molar-refractivity contribution in [2.24, 2.45) is 0 Å². The van der Waals surface area contributed by atoms with E-state index in [9.17, 15) is 9.59 Å². The number of thiophene rings is 1. The molecule has 112 valence electrons. The Morgan fingerprint density at radius 1 is 1.43 bits per heavy atom. The Bertz CT molecular complexity index is 660. The maximum atomic E-state index is 12.0. The van der Waals surface area contributed by atoms with Crippen LogP contribution in [-0.2, 0) is 16.1 Å². The lowest BCUT2D eigenvalue weighted by molar-refractivity contribution is -0.116. The van der Waals surface area contributed by atoms with Crippen LogP contribution in [0, 0.1) is 13.8 Å². The topological polar surface area (TPSA) is 73.2 Å². The van der Waals surface area contributed by atoms with Gasteiger partial charge in [0.25, 0.3) is 0 Å². The van der Waals surface area contributed by atoms with Crippen LogP contribution in [0.4, 0.5) is 5.00 Å². The third-order valence-electron chi connectivity index (χ3n) is 2.86. The molecule has 0 aromatic carbocycles. The lowest BCUT2D eigenvalue weighted by atomic mass is 10.3. The number of aryl methyl sites for hydroxylation is 3. The number of carbonyl (C=O) groups excluding carboxylic acids is 2. The van der Waals surface area contributed by atoms with Gasteiger partial charge in [0.2, 0.25) is 5.91 Å². The summed E-state index contributed by atoms with van der Waals surface area (Å²) >= 11 is 1.36. The highest BCUT2D eigenvalue weighted by Gasteiger charge is 2.17. The molecule has 0 atom stereocenters. The average Bonchev–Trinajstić information content (AvgIpc) is 3.01. The van der Waals surface area contributed by atoms with E-state index in [-0.39, 0.29) is 5.91 Å². The largest absolute Gasteiger partial charge is 0.465 e.